The van der Waals surface area contributed by atoms with Gasteiger partial charge < -0.3 is 11.5 Å². The maximum atomic E-state index is 13.0. The minimum Gasteiger partial charge on any atom is -0.396 e. The van der Waals surface area contributed by atoms with Crippen LogP contribution in [0.25, 0.3) is 22.2 Å². The summed E-state index contributed by atoms with van der Waals surface area (Å²) in [4.78, 5) is 25.4. The lowest BCUT2D eigenvalue weighted by atomic mass is 10.0. The van der Waals surface area contributed by atoms with Gasteiger partial charge in [-0.25, -0.2) is 0 Å². The van der Waals surface area contributed by atoms with Crippen LogP contribution in [0.1, 0.15) is 25.1 Å². The van der Waals surface area contributed by atoms with Gasteiger partial charge in [0.25, 0.3) is 0 Å². The topological polar surface area (TPSA) is 91.1 Å². The standard InChI is InChI=1S/C19H21N3O2/c1-11(2)9-15(21)19(24)22-16-6-4-3-5-12(16)10-13-17(22)8-7-14(20)18(13)23/h3-8,10-11,15H,9,20-21H2,1-2H3/t15-/m0/s1. The number of anilines is 1. The van der Waals surface area contributed by atoms with Crippen molar-refractivity contribution in [1.82, 2.24) is 4.57 Å². The number of nitrogen functional groups attached to an aromatic ring is 1. The van der Waals surface area contributed by atoms with Crippen LogP contribution < -0.4 is 16.9 Å². The van der Waals surface area contributed by atoms with Gasteiger partial charge in [-0.05, 0) is 42.0 Å². The molecule has 124 valence electrons. The monoisotopic (exact) mass is 323 g/mol. The van der Waals surface area contributed by atoms with Crippen LogP contribution in [0.3, 0.4) is 0 Å². The quantitative estimate of drug-likeness (QED) is 0.572. The SMILES string of the molecule is CC(C)C[C@H](N)C(=O)n1c2ccc(N)c(=O)c-2cc2ccccc21. The normalized spacial score (nSPS) is 12.8. The van der Waals surface area contributed by atoms with E-state index in [2.05, 4.69) is 0 Å². The Morgan fingerprint density at radius 3 is 2.58 bits per heavy atom. The van der Waals surface area contributed by atoms with E-state index < -0.39 is 6.04 Å². The van der Waals surface area contributed by atoms with E-state index in [0.29, 0.717) is 23.6 Å². The number of aromatic nitrogens is 1. The molecule has 5 nitrogen and oxygen atoms in total. The summed E-state index contributed by atoms with van der Waals surface area (Å²) in [5.41, 5.74) is 13.5. The van der Waals surface area contributed by atoms with E-state index in [1.54, 1.807) is 16.7 Å². The average Bonchev–Trinajstić information content (AvgIpc) is 2.55. The van der Waals surface area contributed by atoms with Gasteiger partial charge in [0.05, 0.1) is 22.9 Å². The molecular formula is C19H21N3O2. The molecule has 0 amide bonds. The van der Waals surface area contributed by atoms with Crippen molar-refractivity contribution in [3.05, 3.63) is 52.7 Å². The van der Waals surface area contributed by atoms with Gasteiger partial charge in [0.2, 0.25) is 11.3 Å². The maximum absolute atomic E-state index is 13.0. The number of para-hydroxylation sites is 1. The van der Waals surface area contributed by atoms with Crippen LogP contribution in [0.5, 0.6) is 0 Å². The minimum absolute atomic E-state index is 0.170. The van der Waals surface area contributed by atoms with Gasteiger partial charge in [-0.3, -0.25) is 14.2 Å². The lowest BCUT2D eigenvalue weighted by Crippen LogP contribution is -2.37. The van der Waals surface area contributed by atoms with Crippen molar-refractivity contribution in [3.63, 3.8) is 0 Å². The summed E-state index contributed by atoms with van der Waals surface area (Å²) >= 11 is 0. The van der Waals surface area contributed by atoms with Crippen LogP contribution in [0.4, 0.5) is 5.69 Å². The molecule has 1 aliphatic heterocycles. The van der Waals surface area contributed by atoms with Gasteiger partial charge in [-0.1, -0.05) is 32.0 Å². The number of carbonyl (C=O) groups is 1. The smallest absolute Gasteiger partial charge is 0.248 e. The Labute approximate surface area is 140 Å². The number of benzene rings is 2. The van der Waals surface area contributed by atoms with Crippen LogP contribution in [0.15, 0.2) is 47.3 Å². The molecule has 0 saturated heterocycles. The highest BCUT2D eigenvalue weighted by atomic mass is 16.2. The molecule has 1 heterocycles. The maximum Gasteiger partial charge on any atom is 0.248 e. The van der Waals surface area contributed by atoms with E-state index in [1.807, 2.05) is 38.1 Å². The Hall–Kier alpha value is -2.66. The minimum atomic E-state index is -0.628. The van der Waals surface area contributed by atoms with Crippen LogP contribution >= 0.6 is 0 Å². The molecule has 4 N–H and O–H groups in total. The molecule has 0 fully saturated rings. The molecule has 0 radical (unpaired) electrons. The van der Waals surface area contributed by atoms with Crippen molar-refractivity contribution in [2.75, 3.05) is 5.73 Å². The first-order valence-electron chi connectivity index (χ1n) is 8.03. The number of nitrogens with zero attached hydrogens (tertiary/aromatic N) is 1. The molecule has 1 aliphatic carbocycles. The first-order valence-corrected chi connectivity index (χ1v) is 8.03. The molecule has 0 bridgehead atoms. The first-order chi connectivity index (χ1) is 11.4. The summed E-state index contributed by atoms with van der Waals surface area (Å²) in [5, 5.41) is 0.804. The van der Waals surface area contributed by atoms with E-state index in [1.165, 1.54) is 6.07 Å². The third kappa shape index (κ3) is 2.67. The number of rotatable bonds is 3. The molecule has 3 rings (SSSR count). The Morgan fingerprint density at radius 2 is 1.88 bits per heavy atom. The van der Waals surface area contributed by atoms with Crippen molar-refractivity contribution in [1.29, 1.82) is 0 Å². The Bertz CT molecular complexity index is 943. The van der Waals surface area contributed by atoms with E-state index >= 15 is 0 Å². The van der Waals surface area contributed by atoms with Gasteiger partial charge >= 0.3 is 0 Å². The first kappa shape index (κ1) is 16.2. The van der Waals surface area contributed by atoms with Crippen LogP contribution in [-0.2, 0) is 0 Å². The highest BCUT2D eigenvalue weighted by Gasteiger charge is 2.23. The molecule has 0 aromatic heterocycles. The van der Waals surface area contributed by atoms with Crippen molar-refractivity contribution in [2.24, 2.45) is 11.7 Å². The van der Waals surface area contributed by atoms with Gasteiger partial charge in [-0.15, -0.1) is 0 Å². The zero-order valence-corrected chi connectivity index (χ0v) is 13.8. The summed E-state index contributed by atoms with van der Waals surface area (Å²) < 4.78 is 1.55. The Morgan fingerprint density at radius 1 is 1.17 bits per heavy atom. The average molecular weight is 323 g/mol. The van der Waals surface area contributed by atoms with E-state index in [4.69, 9.17) is 11.5 Å². The number of pyridine rings is 1. The molecule has 1 atom stereocenters. The highest BCUT2D eigenvalue weighted by Crippen LogP contribution is 2.27. The van der Waals surface area contributed by atoms with E-state index in [-0.39, 0.29) is 17.0 Å². The van der Waals surface area contributed by atoms with Gasteiger partial charge in [-0.2, -0.15) is 0 Å². The summed E-state index contributed by atoms with van der Waals surface area (Å²) in [6.45, 7) is 4.05. The van der Waals surface area contributed by atoms with Crippen LogP contribution in [-0.4, -0.2) is 16.5 Å². The summed E-state index contributed by atoms with van der Waals surface area (Å²) in [6, 6.07) is 11.9. The summed E-state index contributed by atoms with van der Waals surface area (Å²) in [6.07, 6.45) is 0.579. The van der Waals surface area contributed by atoms with Gasteiger partial charge in [0.1, 0.15) is 0 Å². The highest BCUT2D eigenvalue weighted by molar-refractivity contribution is 5.99. The van der Waals surface area contributed by atoms with Crippen LogP contribution in [0, 0.1) is 5.92 Å². The largest absolute Gasteiger partial charge is 0.396 e. The summed E-state index contributed by atoms with van der Waals surface area (Å²) in [5.74, 6) is 0.0891. The second-order valence-corrected chi connectivity index (χ2v) is 6.53. The van der Waals surface area contributed by atoms with E-state index in [0.717, 1.165) is 10.9 Å². The molecule has 2 aliphatic rings. The lowest BCUT2D eigenvalue weighted by molar-refractivity contribution is 0.0875. The molecule has 5 heteroatoms. The molecule has 1 aromatic carbocycles. The van der Waals surface area contributed by atoms with Crippen molar-refractivity contribution >= 4 is 22.5 Å². The zero-order valence-electron chi connectivity index (χ0n) is 13.8. The number of fused-ring (bicyclic) bond motifs is 2. The fourth-order valence-electron chi connectivity index (χ4n) is 3.05. The predicted molar refractivity (Wildman–Crippen MR) is 97.3 cm³/mol. The molecular weight excluding hydrogens is 302 g/mol. The Balaban J connectivity index is 2.33. The number of hydrogen-bond donors (Lipinski definition) is 2. The molecule has 24 heavy (non-hydrogen) atoms. The number of carbonyl (C=O) groups excluding carboxylic acids is 1. The van der Waals surface area contributed by atoms with Crippen molar-refractivity contribution in [3.8, 4) is 11.3 Å². The van der Waals surface area contributed by atoms with E-state index in [9.17, 15) is 9.59 Å². The fourth-order valence-corrected chi connectivity index (χ4v) is 3.05. The Kier molecular flexibility index (Phi) is 4.11. The van der Waals surface area contributed by atoms with Crippen molar-refractivity contribution in [2.45, 2.75) is 26.3 Å². The third-order valence-electron chi connectivity index (χ3n) is 4.18. The van der Waals surface area contributed by atoms with Crippen LogP contribution in [0.2, 0.25) is 0 Å². The number of nitrogens with two attached hydrogens (primary N) is 2. The molecule has 0 saturated carbocycles. The predicted octanol–water partition coefficient (Wildman–Crippen LogP) is 2.70. The number of hydrogen-bond acceptors (Lipinski definition) is 4. The molecule has 0 spiro atoms. The fraction of sp³-hybridized carbons (Fsp3) is 0.263. The van der Waals surface area contributed by atoms with Gasteiger partial charge in [0, 0.05) is 5.56 Å². The lowest BCUT2D eigenvalue weighted by Gasteiger charge is -2.21. The second kappa shape index (κ2) is 6.09. The second-order valence-electron chi connectivity index (χ2n) is 6.53. The van der Waals surface area contributed by atoms with Crippen molar-refractivity contribution < 1.29 is 4.79 Å². The third-order valence-corrected chi connectivity index (χ3v) is 4.18. The zero-order chi connectivity index (χ0) is 17.4. The molecule has 1 aromatic rings. The molecule has 0 unspecified atom stereocenters. The summed E-state index contributed by atoms with van der Waals surface area (Å²) in [7, 11) is 0. The van der Waals surface area contributed by atoms with Gasteiger partial charge in [0.15, 0.2) is 0 Å².